The molecule has 1 amide bonds. The van der Waals surface area contributed by atoms with Crippen molar-refractivity contribution in [3.8, 4) is 0 Å². The Kier molecular flexibility index (Phi) is 3.84. The molecular formula is C12H12ClN3OS. The molecule has 0 spiro atoms. The number of amides is 1. The van der Waals surface area contributed by atoms with Gasteiger partial charge in [-0.3, -0.25) is 4.79 Å². The molecule has 94 valence electrons. The first-order valence-electron chi connectivity index (χ1n) is 5.30. The van der Waals surface area contributed by atoms with Crippen LogP contribution in [0, 0.1) is 6.92 Å². The molecule has 0 fully saturated rings. The standard InChI is InChI=1S/C12H12ClN3OS/c1-7-4-8(13)2-3-10(7)16-11(17)5-9-6-18-12(14)15-9/h2-4,6H,5H2,1H3,(H2,14,15)(H,16,17). The molecule has 0 atom stereocenters. The predicted molar refractivity (Wildman–Crippen MR) is 75.0 cm³/mol. The summed E-state index contributed by atoms with van der Waals surface area (Å²) in [4.78, 5) is 15.9. The molecule has 4 nitrogen and oxygen atoms in total. The summed E-state index contributed by atoms with van der Waals surface area (Å²) in [5, 5.41) is 5.73. The molecule has 18 heavy (non-hydrogen) atoms. The highest BCUT2D eigenvalue weighted by molar-refractivity contribution is 7.13. The summed E-state index contributed by atoms with van der Waals surface area (Å²) in [6, 6.07) is 5.33. The number of hydrogen-bond donors (Lipinski definition) is 2. The summed E-state index contributed by atoms with van der Waals surface area (Å²) in [5.41, 5.74) is 7.87. The van der Waals surface area contributed by atoms with Crippen molar-refractivity contribution in [2.75, 3.05) is 11.1 Å². The lowest BCUT2D eigenvalue weighted by atomic mass is 10.2. The third-order valence-electron chi connectivity index (χ3n) is 2.37. The molecule has 1 aromatic heterocycles. The highest BCUT2D eigenvalue weighted by Gasteiger charge is 2.08. The highest BCUT2D eigenvalue weighted by atomic mass is 35.5. The lowest BCUT2D eigenvalue weighted by Crippen LogP contribution is -2.15. The van der Waals surface area contributed by atoms with Gasteiger partial charge in [0.1, 0.15) is 0 Å². The molecule has 1 heterocycles. The average Bonchev–Trinajstić information content (AvgIpc) is 2.68. The molecule has 6 heteroatoms. The normalized spacial score (nSPS) is 10.3. The third-order valence-corrected chi connectivity index (χ3v) is 3.33. The second kappa shape index (κ2) is 5.37. The van der Waals surface area contributed by atoms with Crippen LogP contribution < -0.4 is 11.1 Å². The van der Waals surface area contributed by atoms with Crippen LogP contribution in [-0.2, 0) is 11.2 Å². The number of carbonyl (C=O) groups excluding carboxylic acids is 1. The molecule has 0 unspecified atom stereocenters. The van der Waals surface area contributed by atoms with Gasteiger partial charge in [0, 0.05) is 16.1 Å². The minimum Gasteiger partial charge on any atom is -0.375 e. The smallest absolute Gasteiger partial charge is 0.230 e. The Morgan fingerprint density at radius 1 is 1.56 bits per heavy atom. The number of nitrogens with one attached hydrogen (secondary N) is 1. The Hall–Kier alpha value is -1.59. The topological polar surface area (TPSA) is 68.0 Å². The van der Waals surface area contributed by atoms with Gasteiger partial charge in [-0.2, -0.15) is 0 Å². The van der Waals surface area contributed by atoms with Gasteiger partial charge in [0.05, 0.1) is 12.1 Å². The Morgan fingerprint density at radius 2 is 2.33 bits per heavy atom. The van der Waals surface area contributed by atoms with Gasteiger partial charge in [-0.15, -0.1) is 11.3 Å². The van der Waals surface area contributed by atoms with Crippen LogP contribution >= 0.6 is 22.9 Å². The average molecular weight is 282 g/mol. The van der Waals surface area contributed by atoms with Crippen LogP contribution in [0.1, 0.15) is 11.3 Å². The number of aryl methyl sites for hydroxylation is 1. The summed E-state index contributed by atoms with van der Waals surface area (Å²) < 4.78 is 0. The molecule has 0 aliphatic heterocycles. The first kappa shape index (κ1) is 12.9. The zero-order valence-electron chi connectivity index (χ0n) is 9.74. The number of thiazole rings is 1. The molecule has 2 aromatic rings. The van der Waals surface area contributed by atoms with Gasteiger partial charge in [0.2, 0.25) is 5.91 Å². The van der Waals surface area contributed by atoms with Crippen molar-refractivity contribution in [1.82, 2.24) is 4.98 Å². The fourth-order valence-corrected chi connectivity index (χ4v) is 2.32. The molecule has 1 aromatic carbocycles. The van der Waals surface area contributed by atoms with Crippen LogP contribution in [0.15, 0.2) is 23.6 Å². The van der Waals surface area contributed by atoms with Crippen LogP contribution in [0.4, 0.5) is 10.8 Å². The van der Waals surface area contributed by atoms with Gasteiger partial charge in [-0.25, -0.2) is 4.98 Å². The maximum atomic E-state index is 11.8. The largest absolute Gasteiger partial charge is 0.375 e. The summed E-state index contributed by atoms with van der Waals surface area (Å²) in [6.07, 6.45) is 0.218. The Balaban J connectivity index is 2.03. The van der Waals surface area contributed by atoms with E-state index in [0.717, 1.165) is 11.3 Å². The monoisotopic (exact) mass is 281 g/mol. The minimum absolute atomic E-state index is 0.120. The Labute approximate surface area is 114 Å². The van der Waals surface area contributed by atoms with Crippen molar-refractivity contribution >= 4 is 39.7 Å². The second-order valence-electron chi connectivity index (χ2n) is 3.86. The first-order chi connectivity index (χ1) is 8.54. The molecule has 0 bridgehead atoms. The lowest BCUT2D eigenvalue weighted by molar-refractivity contribution is -0.115. The van der Waals surface area contributed by atoms with E-state index < -0.39 is 0 Å². The van der Waals surface area contributed by atoms with Crippen molar-refractivity contribution in [2.45, 2.75) is 13.3 Å². The van der Waals surface area contributed by atoms with E-state index >= 15 is 0 Å². The van der Waals surface area contributed by atoms with Crippen LogP contribution in [-0.4, -0.2) is 10.9 Å². The quantitative estimate of drug-likeness (QED) is 0.909. The van der Waals surface area contributed by atoms with Crippen molar-refractivity contribution in [3.05, 3.63) is 39.9 Å². The fraction of sp³-hybridized carbons (Fsp3) is 0.167. The van der Waals surface area contributed by atoms with Crippen molar-refractivity contribution in [3.63, 3.8) is 0 Å². The van der Waals surface area contributed by atoms with E-state index in [2.05, 4.69) is 10.3 Å². The molecule has 0 radical (unpaired) electrons. The number of anilines is 2. The Bertz CT molecular complexity index is 582. The third kappa shape index (κ3) is 3.21. The number of halogens is 1. The van der Waals surface area contributed by atoms with E-state index in [4.69, 9.17) is 17.3 Å². The van der Waals surface area contributed by atoms with E-state index in [-0.39, 0.29) is 12.3 Å². The van der Waals surface area contributed by atoms with E-state index in [1.807, 2.05) is 6.92 Å². The molecule has 0 saturated heterocycles. The minimum atomic E-state index is -0.120. The van der Waals surface area contributed by atoms with E-state index in [9.17, 15) is 4.79 Å². The van der Waals surface area contributed by atoms with Crippen LogP contribution in [0.25, 0.3) is 0 Å². The zero-order chi connectivity index (χ0) is 13.1. The molecule has 0 aliphatic carbocycles. The lowest BCUT2D eigenvalue weighted by Gasteiger charge is -2.07. The SMILES string of the molecule is Cc1cc(Cl)ccc1NC(=O)Cc1csc(N)n1. The van der Waals surface area contributed by atoms with E-state index in [1.165, 1.54) is 11.3 Å². The zero-order valence-corrected chi connectivity index (χ0v) is 11.3. The Morgan fingerprint density at radius 3 is 2.94 bits per heavy atom. The number of nitrogens with zero attached hydrogens (tertiary/aromatic N) is 1. The number of nitrogens with two attached hydrogens (primary N) is 1. The molecule has 2 rings (SSSR count). The van der Waals surface area contributed by atoms with Crippen LogP contribution in [0.2, 0.25) is 5.02 Å². The molecule has 0 saturated carbocycles. The van der Waals surface area contributed by atoms with Crippen LogP contribution in [0.3, 0.4) is 0 Å². The van der Waals surface area contributed by atoms with Gasteiger partial charge >= 0.3 is 0 Å². The van der Waals surface area contributed by atoms with Crippen LogP contribution in [0.5, 0.6) is 0 Å². The molecule has 3 N–H and O–H groups in total. The number of carbonyl (C=O) groups is 1. The maximum Gasteiger partial charge on any atom is 0.230 e. The predicted octanol–water partition coefficient (Wildman–Crippen LogP) is 2.87. The van der Waals surface area contributed by atoms with Crippen molar-refractivity contribution in [1.29, 1.82) is 0 Å². The number of nitrogen functional groups attached to an aromatic ring is 1. The van der Waals surface area contributed by atoms with Crippen molar-refractivity contribution in [2.24, 2.45) is 0 Å². The molecule has 0 aliphatic rings. The fourth-order valence-electron chi connectivity index (χ4n) is 1.53. The van der Waals surface area contributed by atoms with Gasteiger partial charge in [0.25, 0.3) is 0 Å². The van der Waals surface area contributed by atoms with Gasteiger partial charge in [-0.05, 0) is 30.7 Å². The van der Waals surface area contributed by atoms with Gasteiger partial charge < -0.3 is 11.1 Å². The number of hydrogen-bond acceptors (Lipinski definition) is 4. The summed E-state index contributed by atoms with van der Waals surface area (Å²) in [5.74, 6) is -0.120. The summed E-state index contributed by atoms with van der Waals surface area (Å²) in [7, 11) is 0. The molecular weight excluding hydrogens is 270 g/mol. The number of rotatable bonds is 3. The first-order valence-corrected chi connectivity index (χ1v) is 6.56. The highest BCUT2D eigenvalue weighted by Crippen LogP contribution is 2.20. The van der Waals surface area contributed by atoms with Gasteiger partial charge in [-0.1, -0.05) is 11.6 Å². The second-order valence-corrected chi connectivity index (χ2v) is 5.19. The number of benzene rings is 1. The summed E-state index contributed by atoms with van der Waals surface area (Å²) in [6.45, 7) is 1.89. The van der Waals surface area contributed by atoms with E-state index in [0.29, 0.717) is 15.8 Å². The number of aromatic nitrogens is 1. The summed E-state index contributed by atoms with van der Waals surface area (Å²) >= 11 is 7.18. The maximum absolute atomic E-state index is 11.8. The van der Waals surface area contributed by atoms with E-state index in [1.54, 1.807) is 23.6 Å². The van der Waals surface area contributed by atoms with Gasteiger partial charge in [0.15, 0.2) is 5.13 Å². The van der Waals surface area contributed by atoms with Crippen molar-refractivity contribution < 1.29 is 4.79 Å².